The molecule has 1 aliphatic heterocycles. The molecule has 0 amide bonds. The zero-order valence-electron chi connectivity index (χ0n) is 5.68. The Morgan fingerprint density at radius 2 is 2.33 bits per heavy atom. The summed E-state index contributed by atoms with van der Waals surface area (Å²) in [4.78, 5) is 0. The molecule has 9 heavy (non-hydrogen) atoms. The summed E-state index contributed by atoms with van der Waals surface area (Å²) in [6.07, 6.45) is 6.40. The third-order valence-corrected chi connectivity index (χ3v) is 2.48. The molecule has 2 fully saturated rings. The molecular formula is C8H13O. The zero-order chi connectivity index (χ0) is 6.27. The lowest BCUT2D eigenvalue weighted by molar-refractivity contribution is 0.258. The van der Waals surface area contributed by atoms with Gasteiger partial charge in [0.05, 0.1) is 12.2 Å². The molecule has 2 aliphatic rings. The normalized spacial score (nSPS) is 47.0. The summed E-state index contributed by atoms with van der Waals surface area (Å²) >= 11 is 0. The predicted octanol–water partition coefficient (Wildman–Crippen LogP) is 1.78. The number of hydrogen-bond acceptors (Lipinski definition) is 1. The van der Waals surface area contributed by atoms with Crippen LogP contribution in [0.2, 0.25) is 0 Å². The van der Waals surface area contributed by atoms with E-state index in [4.69, 9.17) is 4.74 Å². The summed E-state index contributed by atoms with van der Waals surface area (Å²) in [6.45, 7) is 3.85. The minimum atomic E-state index is 0.659. The first-order valence-corrected chi connectivity index (χ1v) is 3.86. The second-order valence-electron chi connectivity index (χ2n) is 3.12. The van der Waals surface area contributed by atoms with Crippen molar-refractivity contribution in [1.82, 2.24) is 0 Å². The standard InChI is InChI=1S/C8H13O/c1-2-3-6-4-5-7-8(6)9-7/h6-8H,1-5H2. The van der Waals surface area contributed by atoms with Crippen LogP contribution < -0.4 is 0 Å². The van der Waals surface area contributed by atoms with E-state index in [2.05, 4.69) is 6.92 Å². The largest absolute Gasteiger partial charge is 0.369 e. The molecule has 0 aromatic heterocycles. The lowest BCUT2D eigenvalue weighted by atomic mass is 10.0. The second kappa shape index (κ2) is 1.98. The Morgan fingerprint density at radius 1 is 1.44 bits per heavy atom. The minimum absolute atomic E-state index is 0.659. The highest BCUT2D eigenvalue weighted by Gasteiger charge is 2.49. The third-order valence-electron chi connectivity index (χ3n) is 2.48. The highest BCUT2D eigenvalue weighted by molar-refractivity contribution is 4.97. The van der Waals surface area contributed by atoms with Gasteiger partial charge in [-0.1, -0.05) is 13.3 Å². The maximum Gasteiger partial charge on any atom is 0.0869 e. The molecule has 0 aromatic carbocycles. The van der Waals surface area contributed by atoms with Gasteiger partial charge in [-0.3, -0.25) is 0 Å². The van der Waals surface area contributed by atoms with Gasteiger partial charge in [0.2, 0.25) is 0 Å². The summed E-state index contributed by atoms with van der Waals surface area (Å²) in [6, 6.07) is 0. The summed E-state index contributed by atoms with van der Waals surface area (Å²) in [5.74, 6) is 0.868. The predicted molar refractivity (Wildman–Crippen MR) is 36.0 cm³/mol. The van der Waals surface area contributed by atoms with Gasteiger partial charge in [-0.25, -0.2) is 0 Å². The van der Waals surface area contributed by atoms with E-state index in [0.717, 1.165) is 12.3 Å². The molecule has 1 nitrogen and oxygen atoms in total. The molecule has 1 heterocycles. The third kappa shape index (κ3) is 0.877. The maximum absolute atomic E-state index is 5.39. The Balaban J connectivity index is 1.84. The molecule has 2 rings (SSSR count). The summed E-state index contributed by atoms with van der Waals surface area (Å²) in [7, 11) is 0. The molecule has 1 saturated heterocycles. The SMILES string of the molecule is [CH2]CCC1CCC2OC12. The molecule has 0 aromatic rings. The Labute approximate surface area is 56.4 Å². The van der Waals surface area contributed by atoms with Crippen molar-refractivity contribution in [2.45, 2.75) is 37.9 Å². The van der Waals surface area contributed by atoms with Crippen molar-refractivity contribution in [3.8, 4) is 0 Å². The van der Waals surface area contributed by atoms with Crippen LogP contribution in [-0.2, 0) is 4.74 Å². The highest BCUT2D eigenvalue weighted by Crippen LogP contribution is 2.44. The van der Waals surface area contributed by atoms with Gasteiger partial charge in [-0.15, -0.1) is 0 Å². The van der Waals surface area contributed by atoms with Crippen molar-refractivity contribution in [3.05, 3.63) is 6.92 Å². The van der Waals surface area contributed by atoms with Gasteiger partial charge in [0, 0.05) is 0 Å². The first-order chi connectivity index (χ1) is 4.42. The quantitative estimate of drug-likeness (QED) is 0.512. The van der Waals surface area contributed by atoms with E-state index in [1.807, 2.05) is 0 Å². The van der Waals surface area contributed by atoms with Crippen molar-refractivity contribution < 1.29 is 4.74 Å². The lowest BCUT2D eigenvalue weighted by Crippen LogP contribution is -2.02. The van der Waals surface area contributed by atoms with Crippen LogP contribution in [0.4, 0.5) is 0 Å². The summed E-state index contributed by atoms with van der Waals surface area (Å²) in [5, 5.41) is 0. The van der Waals surface area contributed by atoms with E-state index in [1.165, 1.54) is 19.3 Å². The molecule has 3 atom stereocenters. The van der Waals surface area contributed by atoms with Gasteiger partial charge >= 0.3 is 0 Å². The summed E-state index contributed by atoms with van der Waals surface area (Å²) < 4.78 is 5.39. The van der Waals surface area contributed by atoms with Crippen molar-refractivity contribution in [2.24, 2.45) is 5.92 Å². The van der Waals surface area contributed by atoms with E-state index < -0.39 is 0 Å². The first-order valence-electron chi connectivity index (χ1n) is 3.86. The number of rotatable bonds is 2. The van der Waals surface area contributed by atoms with E-state index in [-0.39, 0.29) is 0 Å². The zero-order valence-corrected chi connectivity index (χ0v) is 5.68. The van der Waals surface area contributed by atoms with Crippen LogP contribution in [0.3, 0.4) is 0 Å². The van der Waals surface area contributed by atoms with Crippen molar-refractivity contribution in [3.63, 3.8) is 0 Å². The van der Waals surface area contributed by atoms with Crippen LogP contribution in [0.1, 0.15) is 25.7 Å². The van der Waals surface area contributed by atoms with Crippen LogP contribution in [-0.4, -0.2) is 12.2 Å². The van der Waals surface area contributed by atoms with Gasteiger partial charge in [0.1, 0.15) is 0 Å². The van der Waals surface area contributed by atoms with Gasteiger partial charge in [0.15, 0.2) is 0 Å². The molecule has 1 radical (unpaired) electrons. The lowest BCUT2D eigenvalue weighted by Gasteiger charge is -2.06. The minimum Gasteiger partial charge on any atom is -0.369 e. The van der Waals surface area contributed by atoms with Crippen molar-refractivity contribution in [1.29, 1.82) is 0 Å². The van der Waals surface area contributed by atoms with E-state index >= 15 is 0 Å². The average Bonchev–Trinajstić information content (AvgIpc) is 2.54. The molecule has 0 bridgehead atoms. The Bertz CT molecular complexity index is 111. The van der Waals surface area contributed by atoms with E-state index in [0.29, 0.717) is 12.2 Å². The number of fused-ring (bicyclic) bond motifs is 1. The maximum atomic E-state index is 5.39. The molecule has 3 unspecified atom stereocenters. The average molecular weight is 125 g/mol. The fourth-order valence-corrected chi connectivity index (χ4v) is 1.92. The van der Waals surface area contributed by atoms with Crippen LogP contribution in [0.5, 0.6) is 0 Å². The fraction of sp³-hybridized carbons (Fsp3) is 0.875. The summed E-state index contributed by atoms with van der Waals surface area (Å²) in [5.41, 5.74) is 0. The van der Waals surface area contributed by atoms with E-state index in [1.54, 1.807) is 0 Å². The van der Waals surface area contributed by atoms with Crippen LogP contribution in [0.25, 0.3) is 0 Å². The molecular weight excluding hydrogens is 112 g/mol. The molecule has 0 spiro atoms. The fourth-order valence-electron chi connectivity index (χ4n) is 1.92. The number of hydrogen-bond donors (Lipinski definition) is 0. The molecule has 1 heteroatoms. The molecule has 1 saturated carbocycles. The Kier molecular flexibility index (Phi) is 1.26. The first kappa shape index (κ1) is 5.72. The van der Waals surface area contributed by atoms with E-state index in [9.17, 15) is 0 Å². The van der Waals surface area contributed by atoms with Gasteiger partial charge in [-0.2, -0.15) is 0 Å². The van der Waals surface area contributed by atoms with Gasteiger partial charge in [0.25, 0.3) is 0 Å². The number of epoxide rings is 1. The Hall–Kier alpha value is -0.0400. The van der Waals surface area contributed by atoms with Crippen LogP contribution in [0, 0.1) is 12.8 Å². The molecule has 0 N–H and O–H groups in total. The molecule has 51 valence electrons. The number of ether oxygens (including phenoxy) is 1. The Morgan fingerprint density at radius 3 is 2.78 bits per heavy atom. The van der Waals surface area contributed by atoms with Crippen LogP contribution >= 0.6 is 0 Å². The molecule has 1 aliphatic carbocycles. The van der Waals surface area contributed by atoms with Gasteiger partial charge < -0.3 is 4.74 Å². The topological polar surface area (TPSA) is 12.5 Å². The van der Waals surface area contributed by atoms with Crippen molar-refractivity contribution >= 4 is 0 Å². The smallest absolute Gasteiger partial charge is 0.0869 e. The monoisotopic (exact) mass is 125 g/mol. The van der Waals surface area contributed by atoms with Gasteiger partial charge in [-0.05, 0) is 25.2 Å². The second-order valence-corrected chi connectivity index (χ2v) is 3.12. The highest BCUT2D eigenvalue weighted by atomic mass is 16.6. The van der Waals surface area contributed by atoms with Crippen LogP contribution in [0.15, 0.2) is 0 Å². The van der Waals surface area contributed by atoms with Crippen molar-refractivity contribution in [2.75, 3.05) is 0 Å².